The Bertz CT molecular complexity index is 351. The summed E-state index contributed by atoms with van der Waals surface area (Å²) in [6.07, 6.45) is 5.19. The summed E-state index contributed by atoms with van der Waals surface area (Å²) in [6, 6.07) is 0. The summed E-state index contributed by atoms with van der Waals surface area (Å²) in [5.74, 6) is 1.94. The fourth-order valence-electron chi connectivity index (χ4n) is 4.33. The van der Waals surface area contributed by atoms with E-state index in [-0.39, 0.29) is 5.92 Å². The lowest BCUT2D eigenvalue weighted by atomic mass is 9.81. The van der Waals surface area contributed by atoms with Crippen LogP contribution in [0.25, 0.3) is 0 Å². The summed E-state index contributed by atoms with van der Waals surface area (Å²) in [6.45, 7) is 0. The van der Waals surface area contributed by atoms with Crippen molar-refractivity contribution in [2.45, 2.75) is 37.4 Å². The maximum absolute atomic E-state index is 13.0. The van der Waals surface area contributed by atoms with E-state index in [1.807, 2.05) is 0 Å². The maximum Gasteiger partial charge on any atom is 0.305 e. The van der Waals surface area contributed by atoms with Gasteiger partial charge in [-0.2, -0.15) is 8.42 Å². The number of halogens is 1. The van der Waals surface area contributed by atoms with Gasteiger partial charge in [-0.1, -0.05) is 6.42 Å². The van der Waals surface area contributed by atoms with Gasteiger partial charge < -0.3 is 0 Å². The Kier molecular flexibility index (Phi) is 1.77. The Labute approximate surface area is 84.1 Å². The molecule has 0 aromatic carbocycles. The standard InChI is InChI=1S/C10H15FO2S/c11-14(12,13)10-5-6-4-9(10)8-3-1-2-7(6)8/h6-10H,1-5H2. The van der Waals surface area contributed by atoms with Crippen molar-refractivity contribution in [3.05, 3.63) is 0 Å². The molecule has 0 amide bonds. The molecule has 0 aromatic heterocycles. The van der Waals surface area contributed by atoms with E-state index in [0.717, 1.165) is 18.8 Å². The van der Waals surface area contributed by atoms with Gasteiger partial charge in [-0.25, -0.2) is 0 Å². The van der Waals surface area contributed by atoms with E-state index in [1.165, 1.54) is 12.8 Å². The second kappa shape index (κ2) is 2.71. The minimum absolute atomic E-state index is 0.155. The zero-order valence-corrected chi connectivity index (χ0v) is 8.84. The monoisotopic (exact) mass is 218 g/mol. The van der Waals surface area contributed by atoms with Crippen molar-refractivity contribution in [1.82, 2.24) is 0 Å². The Morgan fingerprint density at radius 1 is 1.00 bits per heavy atom. The molecule has 3 rings (SSSR count). The molecule has 2 bridgehead atoms. The van der Waals surface area contributed by atoms with Gasteiger partial charge in [0.25, 0.3) is 0 Å². The molecular formula is C10H15FO2S. The molecule has 0 radical (unpaired) electrons. The minimum Gasteiger partial charge on any atom is -0.195 e. The van der Waals surface area contributed by atoms with Gasteiger partial charge in [0, 0.05) is 0 Å². The first-order chi connectivity index (χ1) is 6.57. The van der Waals surface area contributed by atoms with Crippen LogP contribution in [0.3, 0.4) is 0 Å². The summed E-state index contributed by atoms with van der Waals surface area (Å²) in [4.78, 5) is 0. The Balaban J connectivity index is 1.90. The minimum atomic E-state index is -4.27. The van der Waals surface area contributed by atoms with Crippen LogP contribution in [-0.4, -0.2) is 13.7 Å². The van der Waals surface area contributed by atoms with Gasteiger partial charge in [0.1, 0.15) is 0 Å². The number of hydrogen-bond donors (Lipinski definition) is 0. The third-order valence-electron chi connectivity index (χ3n) is 4.73. The van der Waals surface area contributed by atoms with E-state index in [0.29, 0.717) is 18.3 Å². The van der Waals surface area contributed by atoms with Crippen LogP contribution in [0.15, 0.2) is 0 Å². The number of hydrogen-bond acceptors (Lipinski definition) is 2. The Morgan fingerprint density at radius 2 is 1.71 bits per heavy atom. The second-order valence-electron chi connectivity index (χ2n) is 5.17. The molecule has 0 aromatic rings. The van der Waals surface area contributed by atoms with Crippen LogP contribution in [0.1, 0.15) is 32.1 Å². The highest BCUT2D eigenvalue weighted by molar-refractivity contribution is 7.87. The molecular weight excluding hydrogens is 203 g/mol. The first-order valence-corrected chi connectivity index (χ1v) is 6.95. The molecule has 4 heteroatoms. The molecule has 0 aliphatic heterocycles. The van der Waals surface area contributed by atoms with Crippen molar-refractivity contribution in [1.29, 1.82) is 0 Å². The summed E-state index contributed by atoms with van der Waals surface area (Å²) >= 11 is 0. The summed E-state index contributed by atoms with van der Waals surface area (Å²) in [5, 5.41) is -0.646. The predicted octanol–water partition coefficient (Wildman–Crippen LogP) is 2.11. The SMILES string of the molecule is O=S(=O)(F)C1CC2CC1C1CCCC21. The molecule has 2 nitrogen and oxygen atoms in total. The Morgan fingerprint density at radius 3 is 2.43 bits per heavy atom. The third kappa shape index (κ3) is 1.09. The number of fused-ring (bicyclic) bond motifs is 5. The van der Waals surface area contributed by atoms with Crippen molar-refractivity contribution in [2.75, 3.05) is 0 Å². The van der Waals surface area contributed by atoms with Crippen molar-refractivity contribution in [3.63, 3.8) is 0 Å². The second-order valence-corrected chi connectivity index (χ2v) is 6.72. The lowest BCUT2D eigenvalue weighted by molar-refractivity contribution is 0.258. The Hall–Kier alpha value is -0.120. The molecule has 3 fully saturated rings. The largest absolute Gasteiger partial charge is 0.305 e. The van der Waals surface area contributed by atoms with Gasteiger partial charge in [0.15, 0.2) is 0 Å². The topological polar surface area (TPSA) is 34.1 Å². The highest BCUT2D eigenvalue weighted by Crippen LogP contribution is 2.60. The lowest BCUT2D eigenvalue weighted by Gasteiger charge is -2.28. The summed E-state index contributed by atoms with van der Waals surface area (Å²) in [5.41, 5.74) is 0. The summed E-state index contributed by atoms with van der Waals surface area (Å²) in [7, 11) is -4.27. The predicted molar refractivity (Wildman–Crippen MR) is 50.9 cm³/mol. The molecule has 3 aliphatic rings. The fourth-order valence-corrected chi connectivity index (χ4v) is 5.54. The molecule has 14 heavy (non-hydrogen) atoms. The molecule has 5 atom stereocenters. The van der Waals surface area contributed by atoms with Crippen molar-refractivity contribution < 1.29 is 12.3 Å². The van der Waals surface area contributed by atoms with Crippen molar-refractivity contribution in [3.8, 4) is 0 Å². The van der Waals surface area contributed by atoms with Crippen LogP contribution in [0, 0.1) is 23.7 Å². The van der Waals surface area contributed by atoms with E-state index in [2.05, 4.69) is 0 Å². The van der Waals surface area contributed by atoms with Gasteiger partial charge >= 0.3 is 10.2 Å². The molecule has 80 valence electrons. The van der Waals surface area contributed by atoms with Crippen molar-refractivity contribution in [2.24, 2.45) is 23.7 Å². The fraction of sp³-hybridized carbons (Fsp3) is 1.00. The average molecular weight is 218 g/mol. The van der Waals surface area contributed by atoms with Gasteiger partial charge in [0.05, 0.1) is 5.25 Å². The molecule has 0 N–H and O–H groups in total. The third-order valence-corrected chi connectivity index (χ3v) is 5.99. The highest BCUT2D eigenvalue weighted by Gasteiger charge is 2.57. The molecule has 3 aliphatic carbocycles. The van der Waals surface area contributed by atoms with Crippen LogP contribution in [0.2, 0.25) is 0 Å². The number of rotatable bonds is 1. The van der Waals surface area contributed by atoms with Crippen LogP contribution >= 0.6 is 0 Å². The van der Waals surface area contributed by atoms with Crippen LogP contribution in [0.5, 0.6) is 0 Å². The zero-order chi connectivity index (χ0) is 9.92. The molecule has 5 unspecified atom stereocenters. The highest BCUT2D eigenvalue weighted by atomic mass is 32.3. The normalized spacial score (nSPS) is 51.1. The van der Waals surface area contributed by atoms with E-state index in [4.69, 9.17) is 0 Å². The van der Waals surface area contributed by atoms with E-state index < -0.39 is 15.5 Å². The summed E-state index contributed by atoms with van der Waals surface area (Å²) < 4.78 is 34.9. The first-order valence-electron chi connectivity index (χ1n) is 5.51. The van der Waals surface area contributed by atoms with Gasteiger partial charge in [-0.3, -0.25) is 0 Å². The maximum atomic E-state index is 13.0. The van der Waals surface area contributed by atoms with Gasteiger partial charge in [0.2, 0.25) is 0 Å². The zero-order valence-electron chi connectivity index (χ0n) is 8.02. The lowest BCUT2D eigenvalue weighted by Crippen LogP contribution is -2.32. The quantitative estimate of drug-likeness (QED) is 0.632. The van der Waals surface area contributed by atoms with Gasteiger partial charge in [-0.15, -0.1) is 3.89 Å². The van der Waals surface area contributed by atoms with Crippen molar-refractivity contribution >= 4 is 10.2 Å². The molecule has 3 saturated carbocycles. The average Bonchev–Trinajstić information content (AvgIpc) is 2.74. The first kappa shape index (κ1) is 9.13. The molecule has 0 saturated heterocycles. The van der Waals surface area contributed by atoms with Crippen LogP contribution < -0.4 is 0 Å². The van der Waals surface area contributed by atoms with E-state index >= 15 is 0 Å². The smallest absolute Gasteiger partial charge is 0.195 e. The molecule has 0 heterocycles. The van der Waals surface area contributed by atoms with Crippen LogP contribution in [0.4, 0.5) is 3.89 Å². The van der Waals surface area contributed by atoms with E-state index in [1.54, 1.807) is 0 Å². The van der Waals surface area contributed by atoms with Gasteiger partial charge in [-0.05, 0) is 49.4 Å². The van der Waals surface area contributed by atoms with E-state index in [9.17, 15) is 12.3 Å². The molecule has 0 spiro atoms. The van der Waals surface area contributed by atoms with Crippen LogP contribution in [-0.2, 0) is 10.2 Å².